The topological polar surface area (TPSA) is 71.7 Å². The fourth-order valence-corrected chi connectivity index (χ4v) is 4.34. The van der Waals surface area contributed by atoms with Gasteiger partial charge in [0.25, 0.3) is 0 Å². The molecule has 2 aliphatic heterocycles. The lowest BCUT2D eigenvalue weighted by Gasteiger charge is -2.28. The highest BCUT2D eigenvalue weighted by Crippen LogP contribution is 2.46. The van der Waals surface area contributed by atoms with Crippen molar-refractivity contribution in [1.29, 1.82) is 0 Å². The molecule has 2 fully saturated rings. The van der Waals surface area contributed by atoms with E-state index in [1.54, 1.807) is 14.0 Å². The van der Waals surface area contributed by atoms with Gasteiger partial charge in [-0.05, 0) is 17.7 Å². The Morgan fingerprint density at radius 3 is 2.56 bits per heavy atom. The van der Waals surface area contributed by atoms with Crippen LogP contribution in [0.5, 0.6) is 5.75 Å². The SMILES string of the molecule is COc1ccc([C@H]2[C@@H]3CN(c4nc(C(C)C)no4)C[C@@H]3CN2C(C)=O)cc1. The molecule has 2 aliphatic rings. The van der Waals surface area contributed by atoms with Crippen molar-refractivity contribution in [2.75, 3.05) is 31.6 Å². The molecule has 27 heavy (non-hydrogen) atoms. The number of amides is 1. The Bertz CT molecular complexity index is 817. The number of methoxy groups -OCH3 is 1. The zero-order valence-electron chi connectivity index (χ0n) is 16.3. The second kappa shape index (κ2) is 6.87. The highest BCUT2D eigenvalue weighted by molar-refractivity contribution is 5.74. The van der Waals surface area contributed by atoms with Crippen molar-refractivity contribution < 1.29 is 14.1 Å². The number of hydrogen-bond acceptors (Lipinski definition) is 6. The second-order valence-electron chi connectivity index (χ2n) is 7.81. The summed E-state index contributed by atoms with van der Waals surface area (Å²) in [4.78, 5) is 21.0. The van der Waals surface area contributed by atoms with Crippen molar-refractivity contribution >= 4 is 11.9 Å². The van der Waals surface area contributed by atoms with Gasteiger partial charge in [-0.25, -0.2) is 0 Å². The summed E-state index contributed by atoms with van der Waals surface area (Å²) >= 11 is 0. The van der Waals surface area contributed by atoms with E-state index in [-0.39, 0.29) is 17.9 Å². The van der Waals surface area contributed by atoms with E-state index in [0.29, 0.717) is 17.9 Å². The molecule has 0 spiro atoms. The molecular weight excluding hydrogens is 344 g/mol. The number of carbonyl (C=O) groups excluding carboxylic acids is 1. The number of fused-ring (bicyclic) bond motifs is 1. The van der Waals surface area contributed by atoms with E-state index in [0.717, 1.165) is 36.8 Å². The van der Waals surface area contributed by atoms with E-state index in [1.807, 2.05) is 17.0 Å². The fraction of sp³-hybridized carbons (Fsp3) is 0.550. The molecule has 0 aliphatic carbocycles. The maximum absolute atomic E-state index is 12.3. The zero-order chi connectivity index (χ0) is 19.1. The average molecular weight is 370 g/mol. The first-order valence-corrected chi connectivity index (χ1v) is 9.47. The van der Waals surface area contributed by atoms with Crippen LogP contribution in [0, 0.1) is 11.8 Å². The molecule has 1 aromatic carbocycles. The molecule has 0 bridgehead atoms. The highest BCUT2D eigenvalue weighted by atomic mass is 16.5. The summed E-state index contributed by atoms with van der Waals surface area (Å²) in [6, 6.07) is 8.70. The summed E-state index contributed by atoms with van der Waals surface area (Å²) in [5.41, 5.74) is 1.15. The largest absolute Gasteiger partial charge is 0.497 e. The Labute approximate surface area is 159 Å². The third-order valence-corrected chi connectivity index (χ3v) is 5.74. The molecule has 7 nitrogen and oxygen atoms in total. The summed E-state index contributed by atoms with van der Waals surface area (Å²) in [7, 11) is 1.66. The quantitative estimate of drug-likeness (QED) is 0.824. The molecule has 0 radical (unpaired) electrons. The Hall–Kier alpha value is -2.57. The van der Waals surface area contributed by atoms with Gasteiger partial charge in [0.1, 0.15) is 5.75 Å². The number of benzene rings is 1. The molecule has 0 saturated carbocycles. The van der Waals surface area contributed by atoms with Gasteiger partial charge in [0, 0.05) is 44.3 Å². The van der Waals surface area contributed by atoms with Gasteiger partial charge < -0.3 is 19.1 Å². The van der Waals surface area contributed by atoms with E-state index in [4.69, 9.17) is 9.26 Å². The fourth-order valence-electron chi connectivity index (χ4n) is 4.34. The first-order chi connectivity index (χ1) is 13.0. The minimum Gasteiger partial charge on any atom is -0.497 e. The van der Waals surface area contributed by atoms with Crippen LogP contribution < -0.4 is 9.64 Å². The van der Waals surface area contributed by atoms with Gasteiger partial charge in [0.15, 0.2) is 5.82 Å². The Kier molecular flexibility index (Phi) is 4.53. The number of hydrogen-bond donors (Lipinski definition) is 0. The summed E-state index contributed by atoms with van der Waals surface area (Å²) in [6.07, 6.45) is 0. The van der Waals surface area contributed by atoms with E-state index in [9.17, 15) is 4.79 Å². The predicted octanol–water partition coefficient (Wildman–Crippen LogP) is 2.86. The Morgan fingerprint density at radius 2 is 1.96 bits per heavy atom. The van der Waals surface area contributed by atoms with Crippen molar-refractivity contribution in [3.63, 3.8) is 0 Å². The molecule has 4 rings (SSSR count). The van der Waals surface area contributed by atoms with E-state index >= 15 is 0 Å². The van der Waals surface area contributed by atoms with Crippen molar-refractivity contribution in [2.24, 2.45) is 11.8 Å². The molecular formula is C20H26N4O3. The van der Waals surface area contributed by atoms with Crippen LogP contribution in [-0.4, -0.2) is 47.7 Å². The number of nitrogens with zero attached hydrogens (tertiary/aromatic N) is 4. The maximum atomic E-state index is 12.3. The minimum absolute atomic E-state index is 0.0656. The number of likely N-dealkylation sites (tertiary alicyclic amines) is 1. The lowest BCUT2D eigenvalue weighted by Crippen LogP contribution is -2.34. The van der Waals surface area contributed by atoms with E-state index in [2.05, 4.69) is 41.0 Å². The summed E-state index contributed by atoms with van der Waals surface area (Å²) in [5.74, 6) is 2.66. The molecule has 3 heterocycles. The molecule has 0 N–H and O–H groups in total. The molecule has 3 atom stereocenters. The van der Waals surface area contributed by atoms with E-state index < -0.39 is 0 Å². The van der Waals surface area contributed by atoms with Crippen molar-refractivity contribution in [2.45, 2.75) is 32.7 Å². The number of carbonyl (C=O) groups is 1. The molecule has 7 heteroatoms. The summed E-state index contributed by atoms with van der Waals surface area (Å²) in [5, 5.41) is 4.09. The first kappa shape index (κ1) is 17.8. The van der Waals surface area contributed by atoms with Crippen LogP contribution in [0.2, 0.25) is 0 Å². The Morgan fingerprint density at radius 1 is 1.22 bits per heavy atom. The van der Waals surface area contributed by atoms with Crippen LogP contribution in [0.25, 0.3) is 0 Å². The van der Waals surface area contributed by atoms with Crippen LogP contribution in [-0.2, 0) is 4.79 Å². The molecule has 2 aromatic rings. The van der Waals surface area contributed by atoms with Gasteiger partial charge >= 0.3 is 6.01 Å². The van der Waals surface area contributed by atoms with Gasteiger partial charge in [-0.1, -0.05) is 31.1 Å². The van der Waals surface area contributed by atoms with Gasteiger partial charge in [0.2, 0.25) is 5.91 Å². The van der Waals surface area contributed by atoms with Crippen molar-refractivity contribution in [3.8, 4) is 5.75 Å². The monoisotopic (exact) mass is 370 g/mol. The molecule has 2 saturated heterocycles. The van der Waals surface area contributed by atoms with Crippen LogP contribution >= 0.6 is 0 Å². The van der Waals surface area contributed by atoms with Gasteiger partial charge in [-0.2, -0.15) is 4.98 Å². The van der Waals surface area contributed by atoms with E-state index in [1.165, 1.54) is 0 Å². The van der Waals surface area contributed by atoms with Crippen LogP contribution in [0.4, 0.5) is 6.01 Å². The van der Waals surface area contributed by atoms with Crippen molar-refractivity contribution in [1.82, 2.24) is 15.0 Å². The molecule has 0 unspecified atom stereocenters. The molecule has 1 amide bonds. The highest BCUT2D eigenvalue weighted by Gasteiger charge is 2.49. The standard InChI is InChI=1S/C20H26N4O3/c1-12(2)19-21-20(27-22-19)23-9-15-10-24(13(3)25)18(17(15)11-23)14-5-7-16(26-4)8-6-14/h5-8,12,15,17-18H,9-11H2,1-4H3/t15-,17-,18+/m1/s1. The Balaban J connectivity index is 1.58. The predicted molar refractivity (Wildman–Crippen MR) is 101 cm³/mol. The average Bonchev–Trinajstić information content (AvgIpc) is 3.35. The van der Waals surface area contributed by atoms with Crippen LogP contribution in [0.15, 0.2) is 28.8 Å². The number of anilines is 1. The van der Waals surface area contributed by atoms with Gasteiger partial charge in [-0.3, -0.25) is 4.79 Å². The lowest BCUT2D eigenvalue weighted by molar-refractivity contribution is -0.130. The third kappa shape index (κ3) is 3.15. The van der Waals surface area contributed by atoms with Crippen molar-refractivity contribution in [3.05, 3.63) is 35.7 Å². The number of ether oxygens (including phenoxy) is 1. The molecule has 144 valence electrons. The maximum Gasteiger partial charge on any atom is 0.324 e. The van der Waals surface area contributed by atoms with Gasteiger partial charge in [-0.15, -0.1) is 0 Å². The van der Waals surface area contributed by atoms with Crippen LogP contribution in [0.3, 0.4) is 0 Å². The minimum atomic E-state index is 0.0656. The third-order valence-electron chi connectivity index (χ3n) is 5.74. The van der Waals surface area contributed by atoms with Crippen LogP contribution in [0.1, 0.15) is 44.1 Å². The van der Waals surface area contributed by atoms with Gasteiger partial charge in [0.05, 0.1) is 13.2 Å². The number of rotatable bonds is 4. The summed E-state index contributed by atoms with van der Waals surface area (Å²) in [6.45, 7) is 8.17. The second-order valence-corrected chi connectivity index (χ2v) is 7.81. The summed E-state index contributed by atoms with van der Waals surface area (Å²) < 4.78 is 10.8. The number of aromatic nitrogens is 2. The lowest BCUT2D eigenvalue weighted by atomic mass is 9.89. The smallest absolute Gasteiger partial charge is 0.324 e. The normalized spacial score (nSPS) is 24.6. The first-order valence-electron chi connectivity index (χ1n) is 9.47. The zero-order valence-corrected chi connectivity index (χ0v) is 16.3. The molecule has 1 aromatic heterocycles.